The van der Waals surface area contributed by atoms with Crippen molar-refractivity contribution < 1.29 is 0 Å². The van der Waals surface area contributed by atoms with Gasteiger partial charge in [-0.25, -0.2) is 0 Å². The molecule has 1 unspecified atom stereocenters. The number of nitrogens with two attached hydrogens (primary N) is 1. The average molecular weight is 164 g/mol. The molecule has 2 N–H and O–H groups in total. The molecule has 0 aliphatic rings. The zero-order valence-electron chi connectivity index (χ0n) is 7.53. The molecule has 0 amide bonds. The molecule has 0 radical (unpaired) electrons. The minimum Gasteiger partial charge on any atom is -0.330 e. The van der Waals surface area contributed by atoms with Crippen LogP contribution in [-0.2, 0) is 6.42 Å². The first-order chi connectivity index (χ1) is 5.83. The molecule has 0 aliphatic carbocycles. The third kappa shape index (κ3) is 3.01. The van der Waals surface area contributed by atoms with Crippen molar-refractivity contribution in [2.24, 2.45) is 11.7 Å². The molecule has 12 heavy (non-hydrogen) atoms. The zero-order chi connectivity index (χ0) is 8.81. The van der Waals surface area contributed by atoms with Crippen LogP contribution >= 0.6 is 0 Å². The van der Waals surface area contributed by atoms with Gasteiger partial charge in [-0.3, -0.25) is 4.98 Å². The third-order valence-corrected chi connectivity index (χ3v) is 2.08. The Balaban J connectivity index is 2.33. The Morgan fingerprint density at radius 2 is 2.08 bits per heavy atom. The first kappa shape index (κ1) is 9.20. The Morgan fingerprint density at radius 1 is 1.42 bits per heavy atom. The number of hydrogen-bond acceptors (Lipinski definition) is 2. The summed E-state index contributed by atoms with van der Waals surface area (Å²) in [6, 6.07) is 4.12. The number of aryl methyl sites for hydroxylation is 1. The molecule has 2 nitrogen and oxygen atoms in total. The van der Waals surface area contributed by atoms with E-state index in [1.807, 2.05) is 12.4 Å². The summed E-state index contributed by atoms with van der Waals surface area (Å²) in [7, 11) is 0. The quantitative estimate of drug-likeness (QED) is 0.734. The van der Waals surface area contributed by atoms with Crippen LogP contribution in [0.4, 0.5) is 0 Å². The summed E-state index contributed by atoms with van der Waals surface area (Å²) in [6.07, 6.45) is 5.95. The van der Waals surface area contributed by atoms with Crippen LogP contribution in [0.3, 0.4) is 0 Å². The van der Waals surface area contributed by atoms with Crippen molar-refractivity contribution in [2.45, 2.75) is 19.8 Å². The van der Waals surface area contributed by atoms with E-state index in [-0.39, 0.29) is 0 Å². The Kier molecular flexibility index (Phi) is 3.74. The van der Waals surface area contributed by atoms with E-state index in [0.29, 0.717) is 5.92 Å². The molecule has 1 aromatic rings. The Hall–Kier alpha value is -0.890. The number of hydrogen-bond donors (Lipinski definition) is 1. The second-order valence-electron chi connectivity index (χ2n) is 3.24. The van der Waals surface area contributed by atoms with Crippen LogP contribution in [0.15, 0.2) is 24.5 Å². The van der Waals surface area contributed by atoms with Gasteiger partial charge in [0.15, 0.2) is 0 Å². The summed E-state index contributed by atoms with van der Waals surface area (Å²) in [5, 5.41) is 0. The normalized spacial score (nSPS) is 12.8. The van der Waals surface area contributed by atoms with Gasteiger partial charge in [0.1, 0.15) is 0 Å². The summed E-state index contributed by atoms with van der Waals surface area (Å²) in [5.74, 6) is 0.623. The maximum atomic E-state index is 5.52. The van der Waals surface area contributed by atoms with Gasteiger partial charge in [-0.15, -0.1) is 0 Å². The lowest BCUT2D eigenvalue weighted by molar-refractivity contribution is 0.544. The van der Waals surface area contributed by atoms with Gasteiger partial charge in [0.25, 0.3) is 0 Å². The van der Waals surface area contributed by atoms with E-state index in [0.717, 1.165) is 13.0 Å². The van der Waals surface area contributed by atoms with Crippen LogP contribution < -0.4 is 5.73 Å². The fourth-order valence-electron chi connectivity index (χ4n) is 1.08. The molecule has 1 atom stereocenters. The van der Waals surface area contributed by atoms with E-state index in [2.05, 4.69) is 24.0 Å². The standard InChI is InChI=1S/C10H16N2/c1-9(8-11)2-3-10-4-6-12-7-5-10/h4-7,9H,2-3,8,11H2,1H3. The highest BCUT2D eigenvalue weighted by Crippen LogP contribution is 2.06. The van der Waals surface area contributed by atoms with Gasteiger partial charge in [-0.05, 0) is 43.0 Å². The molecular weight excluding hydrogens is 148 g/mol. The first-order valence-corrected chi connectivity index (χ1v) is 4.42. The van der Waals surface area contributed by atoms with E-state index < -0.39 is 0 Å². The fourth-order valence-corrected chi connectivity index (χ4v) is 1.08. The number of nitrogens with zero attached hydrogens (tertiary/aromatic N) is 1. The molecule has 0 aliphatic heterocycles. The molecule has 2 heteroatoms. The van der Waals surface area contributed by atoms with Crippen LogP contribution in [0, 0.1) is 5.92 Å². The van der Waals surface area contributed by atoms with Crippen molar-refractivity contribution in [1.82, 2.24) is 4.98 Å². The smallest absolute Gasteiger partial charge is 0.0270 e. The zero-order valence-corrected chi connectivity index (χ0v) is 7.53. The van der Waals surface area contributed by atoms with Crippen molar-refractivity contribution in [1.29, 1.82) is 0 Å². The summed E-state index contributed by atoms with van der Waals surface area (Å²) in [6.45, 7) is 2.96. The second-order valence-corrected chi connectivity index (χ2v) is 3.24. The molecule has 0 spiro atoms. The summed E-state index contributed by atoms with van der Waals surface area (Å²) in [5.41, 5.74) is 6.88. The molecule has 0 aromatic carbocycles. The average Bonchev–Trinajstić information content (AvgIpc) is 2.16. The monoisotopic (exact) mass is 164 g/mol. The molecule has 0 saturated heterocycles. The van der Waals surface area contributed by atoms with E-state index in [1.165, 1.54) is 12.0 Å². The van der Waals surface area contributed by atoms with Gasteiger partial charge in [0, 0.05) is 12.4 Å². The highest BCUT2D eigenvalue weighted by atomic mass is 14.6. The van der Waals surface area contributed by atoms with Gasteiger partial charge < -0.3 is 5.73 Å². The highest BCUT2D eigenvalue weighted by Gasteiger charge is 1.98. The van der Waals surface area contributed by atoms with Crippen molar-refractivity contribution >= 4 is 0 Å². The van der Waals surface area contributed by atoms with Gasteiger partial charge in [0.2, 0.25) is 0 Å². The van der Waals surface area contributed by atoms with Crippen LogP contribution in [0.5, 0.6) is 0 Å². The lowest BCUT2D eigenvalue weighted by Gasteiger charge is -2.06. The lowest BCUT2D eigenvalue weighted by atomic mass is 10.0. The molecular formula is C10H16N2. The summed E-state index contributed by atoms with van der Waals surface area (Å²) < 4.78 is 0. The second kappa shape index (κ2) is 4.88. The maximum Gasteiger partial charge on any atom is 0.0270 e. The van der Waals surface area contributed by atoms with Gasteiger partial charge in [-0.2, -0.15) is 0 Å². The van der Waals surface area contributed by atoms with Gasteiger partial charge in [0.05, 0.1) is 0 Å². The molecule has 1 heterocycles. The Bertz CT molecular complexity index is 208. The first-order valence-electron chi connectivity index (χ1n) is 4.42. The van der Waals surface area contributed by atoms with Crippen LogP contribution in [-0.4, -0.2) is 11.5 Å². The Labute approximate surface area is 73.8 Å². The summed E-state index contributed by atoms with van der Waals surface area (Å²) >= 11 is 0. The minimum atomic E-state index is 0.623. The van der Waals surface area contributed by atoms with E-state index in [9.17, 15) is 0 Å². The van der Waals surface area contributed by atoms with E-state index >= 15 is 0 Å². The predicted molar refractivity (Wildman–Crippen MR) is 50.8 cm³/mol. The van der Waals surface area contributed by atoms with Crippen molar-refractivity contribution in [2.75, 3.05) is 6.54 Å². The lowest BCUT2D eigenvalue weighted by Crippen LogP contribution is -2.11. The summed E-state index contributed by atoms with van der Waals surface area (Å²) in [4.78, 5) is 3.97. The van der Waals surface area contributed by atoms with Crippen LogP contribution in [0.1, 0.15) is 18.9 Å². The van der Waals surface area contributed by atoms with Crippen molar-refractivity contribution in [3.8, 4) is 0 Å². The maximum absolute atomic E-state index is 5.52. The van der Waals surface area contributed by atoms with Crippen molar-refractivity contribution in [3.63, 3.8) is 0 Å². The SMILES string of the molecule is CC(CN)CCc1ccncc1. The number of rotatable bonds is 4. The molecule has 0 fully saturated rings. The van der Waals surface area contributed by atoms with Crippen LogP contribution in [0.25, 0.3) is 0 Å². The predicted octanol–water partition coefficient (Wildman–Crippen LogP) is 1.61. The highest BCUT2D eigenvalue weighted by molar-refractivity contribution is 5.09. The largest absolute Gasteiger partial charge is 0.330 e. The fraction of sp³-hybridized carbons (Fsp3) is 0.500. The van der Waals surface area contributed by atoms with E-state index in [4.69, 9.17) is 5.73 Å². The topological polar surface area (TPSA) is 38.9 Å². The minimum absolute atomic E-state index is 0.623. The van der Waals surface area contributed by atoms with E-state index in [1.54, 1.807) is 0 Å². The van der Waals surface area contributed by atoms with Gasteiger partial charge in [-0.1, -0.05) is 6.92 Å². The molecule has 0 bridgehead atoms. The molecule has 1 aromatic heterocycles. The Morgan fingerprint density at radius 3 is 2.67 bits per heavy atom. The van der Waals surface area contributed by atoms with Gasteiger partial charge >= 0.3 is 0 Å². The molecule has 1 rings (SSSR count). The number of aromatic nitrogens is 1. The van der Waals surface area contributed by atoms with Crippen LogP contribution in [0.2, 0.25) is 0 Å². The molecule has 66 valence electrons. The third-order valence-electron chi connectivity index (χ3n) is 2.08. The molecule has 0 saturated carbocycles. The number of pyridine rings is 1. The van der Waals surface area contributed by atoms with Crippen molar-refractivity contribution in [3.05, 3.63) is 30.1 Å².